The second-order valence-electron chi connectivity index (χ2n) is 8.02. The minimum atomic E-state index is -0.564. The smallest absolute Gasteiger partial charge is 0.265 e. The number of benzene rings is 2. The quantitative estimate of drug-likeness (QED) is 0.718. The molecule has 0 saturated carbocycles. The molecule has 1 atom stereocenters. The zero-order chi connectivity index (χ0) is 20.1. The first kappa shape index (κ1) is 20.2. The molecule has 4 heteroatoms. The number of carbonyl (C=O) groups is 1. The number of ether oxygens (including phenoxy) is 1. The van der Waals surface area contributed by atoms with E-state index in [1.165, 1.54) is 36.1 Å². The molecule has 3 rings (SSSR count). The normalized spacial score (nSPS) is 15.4. The molecular weight excluding hydrogens is 348 g/mol. The third kappa shape index (κ3) is 5.06. The van der Waals surface area contributed by atoms with E-state index in [0.29, 0.717) is 5.92 Å². The van der Waals surface area contributed by atoms with Crippen molar-refractivity contribution < 1.29 is 9.53 Å². The lowest BCUT2D eigenvalue weighted by Gasteiger charge is -2.28. The summed E-state index contributed by atoms with van der Waals surface area (Å²) in [5.41, 5.74) is 4.52. The van der Waals surface area contributed by atoms with Crippen molar-refractivity contribution in [2.75, 3.05) is 23.3 Å². The summed E-state index contributed by atoms with van der Waals surface area (Å²) < 4.78 is 5.86. The Bertz CT molecular complexity index is 793. The van der Waals surface area contributed by atoms with Crippen LogP contribution in [0, 0.1) is 6.92 Å². The maximum Gasteiger partial charge on any atom is 0.265 e. The molecule has 0 spiro atoms. The van der Waals surface area contributed by atoms with Crippen molar-refractivity contribution in [3.8, 4) is 5.75 Å². The van der Waals surface area contributed by atoms with Crippen LogP contribution in [-0.4, -0.2) is 25.1 Å². The van der Waals surface area contributed by atoms with Gasteiger partial charge in [0.05, 0.1) is 0 Å². The second-order valence-corrected chi connectivity index (χ2v) is 8.02. The van der Waals surface area contributed by atoms with Crippen molar-refractivity contribution in [2.45, 2.75) is 59.0 Å². The average molecular weight is 381 g/mol. The third-order valence-electron chi connectivity index (χ3n) is 5.40. The first-order valence-electron chi connectivity index (χ1n) is 10.4. The van der Waals surface area contributed by atoms with E-state index in [1.54, 1.807) is 6.92 Å². The minimum absolute atomic E-state index is 0.142. The molecule has 0 aliphatic carbocycles. The Kier molecular flexibility index (Phi) is 6.61. The third-order valence-corrected chi connectivity index (χ3v) is 5.40. The summed E-state index contributed by atoms with van der Waals surface area (Å²) in [4.78, 5) is 14.9. The highest BCUT2D eigenvalue weighted by molar-refractivity contribution is 5.94. The number of aryl methyl sites for hydroxylation is 1. The standard InChI is InChI=1S/C24H32N2O2/c1-17(2)23-13-12-22(16-18(23)3)28-19(4)24(27)25-20-8-10-21(11-9-20)26-14-6-5-7-15-26/h8-13,16-17,19H,5-7,14-15H2,1-4H3,(H,25,27). The van der Waals surface area contributed by atoms with Gasteiger partial charge in [0.2, 0.25) is 0 Å². The van der Waals surface area contributed by atoms with Crippen LogP contribution in [0.25, 0.3) is 0 Å². The molecule has 150 valence electrons. The molecule has 1 unspecified atom stereocenters. The van der Waals surface area contributed by atoms with Crippen LogP contribution < -0.4 is 15.0 Å². The van der Waals surface area contributed by atoms with Gasteiger partial charge >= 0.3 is 0 Å². The molecule has 1 N–H and O–H groups in total. The molecule has 1 aliphatic heterocycles. The van der Waals surface area contributed by atoms with Gasteiger partial charge in [0.1, 0.15) is 5.75 Å². The van der Waals surface area contributed by atoms with Crippen LogP contribution in [0.5, 0.6) is 5.75 Å². The van der Waals surface area contributed by atoms with Gasteiger partial charge in [-0.3, -0.25) is 4.79 Å². The van der Waals surface area contributed by atoms with E-state index in [1.807, 2.05) is 24.3 Å². The Labute approximate surface area is 168 Å². The number of nitrogens with zero attached hydrogens (tertiary/aromatic N) is 1. The van der Waals surface area contributed by atoms with Crippen LogP contribution in [0.15, 0.2) is 42.5 Å². The molecule has 1 amide bonds. The summed E-state index contributed by atoms with van der Waals surface area (Å²) in [5.74, 6) is 1.06. The van der Waals surface area contributed by atoms with E-state index in [0.717, 1.165) is 24.5 Å². The first-order chi connectivity index (χ1) is 13.4. The van der Waals surface area contributed by atoms with Crippen molar-refractivity contribution in [2.24, 2.45) is 0 Å². The highest BCUT2D eigenvalue weighted by atomic mass is 16.5. The topological polar surface area (TPSA) is 41.6 Å². The number of carbonyl (C=O) groups excluding carboxylic acids is 1. The van der Waals surface area contributed by atoms with Crippen LogP contribution >= 0.6 is 0 Å². The highest BCUT2D eigenvalue weighted by Crippen LogP contribution is 2.25. The molecule has 0 aromatic heterocycles. The number of piperidine rings is 1. The van der Waals surface area contributed by atoms with Gasteiger partial charge in [-0.05, 0) is 86.6 Å². The Morgan fingerprint density at radius 2 is 1.68 bits per heavy atom. The largest absolute Gasteiger partial charge is 0.481 e. The van der Waals surface area contributed by atoms with E-state index in [-0.39, 0.29) is 5.91 Å². The molecule has 28 heavy (non-hydrogen) atoms. The summed E-state index contributed by atoms with van der Waals surface area (Å²) in [7, 11) is 0. The van der Waals surface area contributed by atoms with Gasteiger partial charge in [0, 0.05) is 24.5 Å². The van der Waals surface area contributed by atoms with Gasteiger partial charge in [0.25, 0.3) is 5.91 Å². The number of rotatable bonds is 6. The second kappa shape index (κ2) is 9.13. The molecule has 1 fully saturated rings. The lowest BCUT2D eigenvalue weighted by Crippen LogP contribution is -2.30. The van der Waals surface area contributed by atoms with Crippen LogP contribution in [0.2, 0.25) is 0 Å². The molecule has 1 saturated heterocycles. The van der Waals surface area contributed by atoms with Gasteiger partial charge in [-0.2, -0.15) is 0 Å². The van der Waals surface area contributed by atoms with Crippen molar-refractivity contribution in [3.05, 3.63) is 53.6 Å². The predicted molar refractivity (Wildman–Crippen MR) is 116 cm³/mol. The molecule has 1 aliphatic rings. The SMILES string of the molecule is Cc1cc(OC(C)C(=O)Nc2ccc(N3CCCCC3)cc2)ccc1C(C)C. The average Bonchev–Trinajstić information content (AvgIpc) is 2.69. The van der Waals surface area contributed by atoms with Crippen molar-refractivity contribution in [1.82, 2.24) is 0 Å². The fourth-order valence-corrected chi connectivity index (χ4v) is 3.78. The van der Waals surface area contributed by atoms with E-state index in [9.17, 15) is 4.79 Å². The van der Waals surface area contributed by atoms with E-state index >= 15 is 0 Å². The summed E-state index contributed by atoms with van der Waals surface area (Å²) in [5, 5.41) is 2.95. The molecule has 4 nitrogen and oxygen atoms in total. The molecule has 0 bridgehead atoms. The molecule has 0 radical (unpaired) electrons. The number of hydrogen-bond acceptors (Lipinski definition) is 3. The number of hydrogen-bond donors (Lipinski definition) is 1. The van der Waals surface area contributed by atoms with Crippen molar-refractivity contribution >= 4 is 17.3 Å². The zero-order valence-corrected chi connectivity index (χ0v) is 17.5. The Morgan fingerprint density at radius 3 is 2.29 bits per heavy atom. The van der Waals surface area contributed by atoms with E-state index in [2.05, 4.69) is 49.2 Å². The Hall–Kier alpha value is -2.49. The van der Waals surface area contributed by atoms with Crippen molar-refractivity contribution in [3.63, 3.8) is 0 Å². The fraction of sp³-hybridized carbons (Fsp3) is 0.458. The van der Waals surface area contributed by atoms with Gasteiger partial charge in [-0.1, -0.05) is 19.9 Å². The van der Waals surface area contributed by atoms with Gasteiger partial charge in [-0.15, -0.1) is 0 Å². The fourth-order valence-electron chi connectivity index (χ4n) is 3.78. The Balaban J connectivity index is 1.57. The minimum Gasteiger partial charge on any atom is -0.481 e. The maximum atomic E-state index is 12.5. The van der Waals surface area contributed by atoms with Crippen LogP contribution in [0.1, 0.15) is 57.1 Å². The molecular formula is C24H32N2O2. The van der Waals surface area contributed by atoms with E-state index in [4.69, 9.17) is 4.74 Å². The summed E-state index contributed by atoms with van der Waals surface area (Å²) in [6.45, 7) is 10.4. The van der Waals surface area contributed by atoms with Gasteiger partial charge in [-0.25, -0.2) is 0 Å². The number of amides is 1. The maximum absolute atomic E-state index is 12.5. The number of anilines is 2. The lowest BCUT2D eigenvalue weighted by molar-refractivity contribution is -0.122. The van der Waals surface area contributed by atoms with E-state index < -0.39 is 6.10 Å². The summed E-state index contributed by atoms with van der Waals surface area (Å²) >= 11 is 0. The van der Waals surface area contributed by atoms with Crippen LogP contribution in [0.3, 0.4) is 0 Å². The zero-order valence-electron chi connectivity index (χ0n) is 17.5. The van der Waals surface area contributed by atoms with Crippen LogP contribution in [0.4, 0.5) is 11.4 Å². The summed E-state index contributed by atoms with van der Waals surface area (Å²) in [6, 6.07) is 14.1. The first-order valence-corrected chi connectivity index (χ1v) is 10.4. The van der Waals surface area contributed by atoms with Crippen LogP contribution in [-0.2, 0) is 4.79 Å². The van der Waals surface area contributed by atoms with Gasteiger partial charge < -0.3 is 15.0 Å². The monoisotopic (exact) mass is 380 g/mol. The molecule has 2 aromatic carbocycles. The summed E-state index contributed by atoms with van der Waals surface area (Å²) in [6.07, 6.45) is 3.27. The van der Waals surface area contributed by atoms with Crippen molar-refractivity contribution in [1.29, 1.82) is 0 Å². The number of nitrogens with one attached hydrogen (secondary N) is 1. The Morgan fingerprint density at radius 1 is 1.00 bits per heavy atom. The lowest BCUT2D eigenvalue weighted by atomic mass is 9.98. The molecule has 2 aromatic rings. The highest BCUT2D eigenvalue weighted by Gasteiger charge is 2.16. The molecule has 1 heterocycles. The van der Waals surface area contributed by atoms with Gasteiger partial charge in [0.15, 0.2) is 6.10 Å². The predicted octanol–water partition coefficient (Wildman–Crippen LogP) is 5.51.